The van der Waals surface area contributed by atoms with Crippen LogP contribution in [0, 0.1) is 11.9 Å². The molecule has 2 unspecified atom stereocenters. The summed E-state index contributed by atoms with van der Waals surface area (Å²) in [4.78, 5) is 3.52. The van der Waals surface area contributed by atoms with Gasteiger partial charge in [0.15, 0.2) is 0 Å². The average Bonchev–Trinajstić information content (AvgIpc) is 2.74. The summed E-state index contributed by atoms with van der Waals surface area (Å²) in [7, 11) is 0. The first-order chi connectivity index (χ1) is 7.79. The van der Waals surface area contributed by atoms with Crippen molar-refractivity contribution in [1.82, 2.24) is 4.98 Å². The van der Waals surface area contributed by atoms with E-state index in [9.17, 15) is 4.39 Å². The number of hydrogen-bond acceptors (Lipinski definition) is 3. The number of nitrogens with one attached hydrogen (secondary N) is 1. The molecule has 16 heavy (non-hydrogen) atoms. The number of aromatic nitrogens is 1. The van der Waals surface area contributed by atoms with Gasteiger partial charge in [-0.3, -0.25) is 0 Å². The lowest BCUT2D eigenvalue weighted by Gasteiger charge is -2.17. The van der Waals surface area contributed by atoms with Gasteiger partial charge in [-0.15, -0.1) is 0 Å². The first-order valence-corrected chi connectivity index (χ1v) is 5.76. The lowest BCUT2D eigenvalue weighted by atomic mass is 10.00. The van der Waals surface area contributed by atoms with E-state index in [1.807, 2.05) is 0 Å². The van der Waals surface area contributed by atoms with Crippen LogP contribution in [0.5, 0.6) is 0 Å². The summed E-state index contributed by atoms with van der Waals surface area (Å²) >= 11 is 0. The van der Waals surface area contributed by atoms with Crippen LogP contribution in [-0.2, 0) is 4.74 Å². The summed E-state index contributed by atoms with van der Waals surface area (Å²) < 4.78 is 18.4. The van der Waals surface area contributed by atoms with E-state index in [2.05, 4.69) is 17.2 Å². The van der Waals surface area contributed by atoms with Crippen molar-refractivity contribution in [3.63, 3.8) is 0 Å². The minimum Gasteiger partial charge on any atom is -0.384 e. The maximum atomic E-state index is 12.8. The topological polar surface area (TPSA) is 34.1 Å². The molecule has 0 amide bonds. The summed E-state index contributed by atoms with van der Waals surface area (Å²) in [5, 5.41) is 3.23. The molecular formula is C12H17FN2O. The van der Waals surface area contributed by atoms with Crippen LogP contribution in [0.15, 0.2) is 18.3 Å². The monoisotopic (exact) mass is 224 g/mol. The summed E-state index contributed by atoms with van der Waals surface area (Å²) in [6.45, 7) is 3.81. The summed E-state index contributed by atoms with van der Waals surface area (Å²) in [5.41, 5.74) is 0.786. The summed E-state index contributed by atoms with van der Waals surface area (Å²) in [6, 6.07) is 3.19. The van der Waals surface area contributed by atoms with Gasteiger partial charge in [0.05, 0.1) is 6.10 Å². The second-order valence-electron chi connectivity index (χ2n) is 4.11. The molecule has 0 aliphatic carbocycles. The molecule has 0 saturated carbocycles. The molecule has 2 rings (SSSR count). The van der Waals surface area contributed by atoms with Gasteiger partial charge >= 0.3 is 0 Å². The quantitative estimate of drug-likeness (QED) is 0.798. The Hall–Kier alpha value is -1.16. The van der Waals surface area contributed by atoms with Gasteiger partial charge < -0.3 is 10.1 Å². The predicted octanol–water partition coefficient (Wildman–Crippen LogP) is 2.45. The maximum absolute atomic E-state index is 12.8. The SMILES string of the molecule is CCC1OCCC1CNc1ccnc(F)c1. The predicted molar refractivity (Wildman–Crippen MR) is 60.8 cm³/mol. The lowest BCUT2D eigenvalue weighted by molar-refractivity contribution is 0.0900. The van der Waals surface area contributed by atoms with Crippen LogP contribution in [0.2, 0.25) is 0 Å². The molecule has 3 nitrogen and oxygen atoms in total. The Morgan fingerprint density at radius 2 is 2.50 bits per heavy atom. The largest absolute Gasteiger partial charge is 0.384 e. The number of halogens is 1. The van der Waals surface area contributed by atoms with E-state index in [-0.39, 0.29) is 0 Å². The zero-order valence-corrected chi connectivity index (χ0v) is 9.45. The van der Waals surface area contributed by atoms with Gasteiger partial charge in [-0.05, 0) is 18.9 Å². The number of rotatable bonds is 4. The van der Waals surface area contributed by atoms with E-state index in [4.69, 9.17) is 4.74 Å². The molecule has 1 fully saturated rings. The third-order valence-electron chi connectivity index (χ3n) is 3.04. The highest BCUT2D eigenvalue weighted by Crippen LogP contribution is 2.23. The van der Waals surface area contributed by atoms with Gasteiger partial charge in [0.1, 0.15) is 0 Å². The molecule has 0 bridgehead atoms. The number of nitrogens with zero attached hydrogens (tertiary/aromatic N) is 1. The summed E-state index contributed by atoms with van der Waals surface area (Å²) in [6.07, 6.45) is 3.94. The molecular weight excluding hydrogens is 207 g/mol. The Balaban J connectivity index is 1.87. The average molecular weight is 224 g/mol. The van der Waals surface area contributed by atoms with Crippen LogP contribution in [0.3, 0.4) is 0 Å². The van der Waals surface area contributed by atoms with E-state index < -0.39 is 5.95 Å². The molecule has 1 saturated heterocycles. The van der Waals surface area contributed by atoms with Crippen molar-refractivity contribution >= 4 is 5.69 Å². The van der Waals surface area contributed by atoms with E-state index >= 15 is 0 Å². The minimum atomic E-state index is -0.445. The van der Waals surface area contributed by atoms with E-state index in [1.165, 1.54) is 12.3 Å². The fourth-order valence-electron chi connectivity index (χ4n) is 2.14. The second kappa shape index (κ2) is 5.25. The lowest BCUT2D eigenvalue weighted by Crippen LogP contribution is -2.22. The fourth-order valence-corrected chi connectivity index (χ4v) is 2.14. The zero-order chi connectivity index (χ0) is 11.4. The number of ether oxygens (including phenoxy) is 1. The normalized spacial score (nSPS) is 24.6. The van der Waals surface area contributed by atoms with Crippen LogP contribution < -0.4 is 5.32 Å². The highest BCUT2D eigenvalue weighted by Gasteiger charge is 2.26. The number of anilines is 1. The number of hydrogen-bond donors (Lipinski definition) is 1. The molecule has 2 heterocycles. The molecule has 1 aromatic rings. The molecule has 2 atom stereocenters. The maximum Gasteiger partial charge on any atom is 0.214 e. The van der Waals surface area contributed by atoms with E-state index in [0.717, 1.165) is 31.7 Å². The fraction of sp³-hybridized carbons (Fsp3) is 0.583. The molecule has 1 N–H and O–H groups in total. The van der Waals surface area contributed by atoms with Gasteiger partial charge in [-0.1, -0.05) is 6.92 Å². The molecule has 88 valence electrons. The van der Waals surface area contributed by atoms with Gasteiger partial charge in [0.25, 0.3) is 0 Å². The first kappa shape index (κ1) is 11.3. The third kappa shape index (κ3) is 2.70. The molecule has 4 heteroatoms. The molecule has 1 aromatic heterocycles. The van der Waals surface area contributed by atoms with E-state index in [1.54, 1.807) is 6.07 Å². The number of pyridine rings is 1. The van der Waals surface area contributed by atoms with Crippen molar-refractivity contribution in [1.29, 1.82) is 0 Å². The van der Waals surface area contributed by atoms with Crippen LogP contribution in [-0.4, -0.2) is 24.2 Å². The van der Waals surface area contributed by atoms with Crippen LogP contribution in [0.4, 0.5) is 10.1 Å². The van der Waals surface area contributed by atoms with Crippen molar-refractivity contribution < 1.29 is 9.13 Å². The van der Waals surface area contributed by atoms with Gasteiger partial charge in [-0.25, -0.2) is 4.98 Å². The highest BCUT2D eigenvalue weighted by molar-refractivity contribution is 5.41. The van der Waals surface area contributed by atoms with Crippen LogP contribution in [0.25, 0.3) is 0 Å². The van der Waals surface area contributed by atoms with Crippen molar-refractivity contribution in [3.8, 4) is 0 Å². The molecule has 0 radical (unpaired) electrons. The zero-order valence-electron chi connectivity index (χ0n) is 9.45. The molecule has 0 aromatic carbocycles. The van der Waals surface area contributed by atoms with Gasteiger partial charge in [-0.2, -0.15) is 4.39 Å². The smallest absolute Gasteiger partial charge is 0.214 e. The van der Waals surface area contributed by atoms with Crippen molar-refractivity contribution in [2.45, 2.75) is 25.9 Å². The van der Waals surface area contributed by atoms with Gasteiger partial charge in [0.2, 0.25) is 5.95 Å². The summed E-state index contributed by atoms with van der Waals surface area (Å²) in [5.74, 6) is 0.0842. The molecule has 0 spiro atoms. The van der Waals surface area contributed by atoms with Crippen molar-refractivity contribution in [2.75, 3.05) is 18.5 Å². The standard InChI is InChI=1S/C12H17FN2O/c1-2-11-9(4-6-16-11)8-15-10-3-5-14-12(13)7-10/h3,5,7,9,11H,2,4,6,8H2,1H3,(H,14,15). The second-order valence-corrected chi connectivity index (χ2v) is 4.11. The Kier molecular flexibility index (Phi) is 3.72. The Morgan fingerprint density at radius 3 is 3.25 bits per heavy atom. The Morgan fingerprint density at radius 1 is 1.62 bits per heavy atom. The van der Waals surface area contributed by atoms with Crippen molar-refractivity contribution in [2.24, 2.45) is 5.92 Å². The van der Waals surface area contributed by atoms with Gasteiger partial charge in [0, 0.05) is 37.0 Å². The van der Waals surface area contributed by atoms with Crippen LogP contribution in [0.1, 0.15) is 19.8 Å². The highest BCUT2D eigenvalue weighted by atomic mass is 19.1. The third-order valence-corrected chi connectivity index (χ3v) is 3.04. The van der Waals surface area contributed by atoms with Crippen molar-refractivity contribution in [3.05, 3.63) is 24.3 Å². The Bertz CT molecular complexity index is 346. The molecule has 1 aliphatic rings. The first-order valence-electron chi connectivity index (χ1n) is 5.76. The molecule has 1 aliphatic heterocycles. The van der Waals surface area contributed by atoms with Crippen LogP contribution >= 0.6 is 0 Å². The Labute approximate surface area is 95.0 Å². The van der Waals surface area contributed by atoms with E-state index in [0.29, 0.717) is 12.0 Å². The minimum absolute atomic E-state index is 0.346.